The summed E-state index contributed by atoms with van der Waals surface area (Å²) in [5, 5.41) is 2.81. The Morgan fingerprint density at radius 1 is 1.21 bits per heavy atom. The lowest BCUT2D eigenvalue weighted by atomic mass is 10.0. The molecule has 126 valence electrons. The van der Waals surface area contributed by atoms with Gasteiger partial charge in [0.05, 0.1) is 11.1 Å². The van der Waals surface area contributed by atoms with Crippen molar-refractivity contribution in [2.45, 2.75) is 24.7 Å². The van der Waals surface area contributed by atoms with Crippen molar-refractivity contribution in [2.75, 3.05) is 0 Å². The molecule has 5 nitrogen and oxygen atoms in total. The minimum Gasteiger partial charge on any atom is -0.406 e. The maximum Gasteiger partial charge on any atom is 0.573 e. The van der Waals surface area contributed by atoms with Crippen LogP contribution in [-0.2, 0) is 5.54 Å². The zero-order chi connectivity index (χ0) is 17.4. The largest absolute Gasteiger partial charge is 0.573 e. The fourth-order valence-corrected chi connectivity index (χ4v) is 2.44. The minimum atomic E-state index is -4.77. The second-order valence-corrected chi connectivity index (χ2v) is 5.55. The molecule has 1 heterocycles. The van der Waals surface area contributed by atoms with Crippen molar-refractivity contribution in [3.8, 4) is 5.75 Å². The second-order valence-electron chi connectivity index (χ2n) is 5.55. The quantitative estimate of drug-likeness (QED) is 0.900. The van der Waals surface area contributed by atoms with Gasteiger partial charge in [0.1, 0.15) is 5.75 Å². The first-order valence-corrected chi connectivity index (χ1v) is 7.15. The average molecular weight is 338 g/mol. The fourth-order valence-electron chi connectivity index (χ4n) is 2.44. The standard InChI is InChI=1S/C16H13F3N2O3/c17-16(18,19)24-12-3-1-2-11(8-12)15(6-7-15)21-14(23)10-4-5-13(22)20-9-10/h1-5,8-9H,6-7H2,(H,20,22)(H,21,23). The lowest BCUT2D eigenvalue weighted by Crippen LogP contribution is -2.35. The van der Waals surface area contributed by atoms with E-state index >= 15 is 0 Å². The van der Waals surface area contributed by atoms with Crippen molar-refractivity contribution in [1.29, 1.82) is 0 Å². The van der Waals surface area contributed by atoms with Crippen LogP contribution in [0.15, 0.2) is 47.4 Å². The Morgan fingerprint density at radius 2 is 1.96 bits per heavy atom. The number of halogens is 3. The molecule has 1 aliphatic carbocycles. The molecule has 0 spiro atoms. The highest BCUT2D eigenvalue weighted by molar-refractivity contribution is 5.94. The summed E-state index contributed by atoms with van der Waals surface area (Å²) in [5.41, 5.74) is -0.228. The molecule has 1 aromatic heterocycles. The predicted octanol–water partition coefficient (Wildman–Crippen LogP) is 2.69. The van der Waals surface area contributed by atoms with Gasteiger partial charge in [0, 0.05) is 12.3 Å². The van der Waals surface area contributed by atoms with E-state index in [2.05, 4.69) is 15.0 Å². The van der Waals surface area contributed by atoms with Crippen LogP contribution in [0.4, 0.5) is 13.2 Å². The van der Waals surface area contributed by atoms with Crippen molar-refractivity contribution in [1.82, 2.24) is 10.3 Å². The molecule has 0 bridgehead atoms. The van der Waals surface area contributed by atoms with Gasteiger partial charge < -0.3 is 15.0 Å². The van der Waals surface area contributed by atoms with Crippen LogP contribution >= 0.6 is 0 Å². The van der Waals surface area contributed by atoms with Gasteiger partial charge >= 0.3 is 6.36 Å². The molecule has 0 aliphatic heterocycles. The Balaban J connectivity index is 1.79. The highest BCUT2D eigenvalue weighted by atomic mass is 19.4. The Morgan fingerprint density at radius 3 is 2.54 bits per heavy atom. The zero-order valence-electron chi connectivity index (χ0n) is 12.3. The first kappa shape index (κ1) is 16.1. The van der Waals surface area contributed by atoms with E-state index in [0.29, 0.717) is 18.4 Å². The normalized spacial score (nSPS) is 15.6. The summed E-state index contributed by atoms with van der Waals surface area (Å²) < 4.78 is 40.9. The summed E-state index contributed by atoms with van der Waals surface area (Å²) in [6.45, 7) is 0. The predicted molar refractivity (Wildman–Crippen MR) is 78.6 cm³/mol. The molecule has 0 atom stereocenters. The number of pyridine rings is 1. The molecule has 1 fully saturated rings. The number of nitrogens with one attached hydrogen (secondary N) is 2. The van der Waals surface area contributed by atoms with Crippen LogP contribution in [0.5, 0.6) is 5.75 Å². The van der Waals surface area contributed by atoms with Crippen LogP contribution in [-0.4, -0.2) is 17.3 Å². The maximum absolute atomic E-state index is 12.3. The molecule has 0 unspecified atom stereocenters. The Bertz CT molecular complexity index is 805. The van der Waals surface area contributed by atoms with Gasteiger partial charge in [-0.1, -0.05) is 12.1 Å². The monoisotopic (exact) mass is 338 g/mol. The zero-order valence-corrected chi connectivity index (χ0v) is 12.3. The van der Waals surface area contributed by atoms with Crippen LogP contribution in [0.1, 0.15) is 28.8 Å². The Hall–Kier alpha value is -2.77. The van der Waals surface area contributed by atoms with Crippen molar-refractivity contribution in [3.63, 3.8) is 0 Å². The van der Waals surface area contributed by atoms with Crippen molar-refractivity contribution in [2.24, 2.45) is 0 Å². The number of amides is 1. The van der Waals surface area contributed by atoms with Gasteiger partial charge in [0.25, 0.3) is 5.91 Å². The Kier molecular flexibility index (Phi) is 3.82. The van der Waals surface area contributed by atoms with Gasteiger partial charge in [-0.3, -0.25) is 9.59 Å². The summed E-state index contributed by atoms with van der Waals surface area (Å²) >= 11 is 0. The highest BCUT2D eigenvalue weighted by Crippen LogP contribution is 2.46. The Labute approximate surface area is 134 Å². The molecule has 1 aromatic carbocycles. The number of hydrogen-bond donors (Lipinski definition) is 2. The SMILES string of the molecule is O=C(NC1(c2cccc(OC(F)(F)F)c2)CC1)c1ccc(=O)[nH]c1. The third-order valence-electron chi connectivity index (χ3n) is 3.77. The molecular formula is C16H13F3N2O3. The molecule has 0 radical (unpaired) electrons. The third kappa shape index (κ3) is 3.58. The van der Waals surface area contributed by atoms with Gasteiger partial charge in [-0.15, -0.1) is 13.2 Å². The summed E-state index contributed by atoms with van der Waals surface area (Å²) in [6.07, 6.45) is -2.26. The molecule has 0 saturated heterocycles. The van der Waals surface area contributed by atoms with Gasteiger partial charge in [-0.25, -0.2) is 0 Å². The molecule has 2 aromatic rings. The number of carbonyl (C=O) groups excluding carboxylic acids is 1. The molecule has 1 aliphatic rings. The molecule has 24 heavy (non-hydrogen) atoms. The van der Waals surface area contributed by atoms with Gasteiger partial charge in [-0.05, 0) is 36.6 Å². The first-order valence-electron chi connectivity index (χ1n) is 7.15. The van der Waals surface area contributed by atoms with E-state index in [-0.39, 0.29) is 16.9 Å². The van der Waals surface area contributed by atoms with Gasteiger partial charge in [0.2, 0.25) is 5.56 Å². The number of aromatic nitrogens is 1. The topological polar surface area (TPSA) is 71.2 Å². The van der Waals surface area contributed by atoms with Crippen LogP contribution in [0.25, 0.3) is 0 Å². The molecule has 2 N–H and O–H groups in total. The van der Waals surface area contributed by atoms with Crippen LogP contribution in [0.2, 0.25) is 0 Å². The number of ether oxygens (including phenoxy) is 1. The number of aromatic amines is 1. The van der Waals surface area contributed by atoms with E-state index in [1.165, 1.54) is 36.5 Å². The number of carbonyl (C=O) groups is 1. The van der Waals surface area contributed by atoms with Crippen LogP contribution in [0, 0.1) is 0 Å². The first-order chi connectivity index (χ1) is 11.3. The summed E-state index contributed by atoms with van der Waals surface area (Å²) in [7, 11) is 0. The number of H-pyrrole nitrogens is 1. The van der Waals surface area contributed by atoms with E-state index in [1.54, 1.807) is 6.07 Å². The molecule has 1 saturated carbocycles. The molecule has 8 heteroatoms. The van der Waals surface area contributed by atoms with E-state index in [1.807, 2.05) is 0 Å². The van der Waals surface area contributed by atoms with Crippen LogP contribution < -0.4 is 15.6 Å². The number of alkyl halides is 3. The van der Waals surface area contributed by atoms with E-state index < -0.39 is 17.8 Å². The second kappa shape index (κ2) is 5.70. The van der Waals surface area contributed by atoms with E-state index in [0.717, 1.165) is 0 Å². The van der Waals surface area contributed by atoms with Gasteiger partial charge in [0.15, 0.2) is 0 Å². The average Bonchev–Trinajstić information content (AvgIpc) is 3.27. The maximum atomic E-state index is 12.3. The van der Waals surface area contributed by atoms with Crippen molar-refractivity contribution in [3.05, 3.63) is 64.1 Å². The lowest BCUT2D eigenvalue weighted by molar-refractivity contribution is -0.274. The number of hydrogen-bond acceptors (Lipinski definition) is 3. The summed E-state index contributed by atoms with van der Waals surface area (Å²) in [4.78, 5) is 25.7. The molecular weight excluding hydrogens is 325 g/mol. The summed E-state index contributed by atoms with van der Waals surface area (Å²) in [5.74, 6) is -0.740. The summed E-state index contributed by atoms with van der Waals surface area (Å²) in [6, 6.07) is 8.18. The molecule has 1 amide bonds. The van der Waals surface area contributed by atoms with Crippen molar-refractivity contribution < 1.29 is 22.7 Å². The lowest BCUT2D eigenvalue weighted by Gasteiger charge is -2.19. The molecule has 3 rings (SSSR count). The smallest absolute Gasteiger partial charge is 0.406 e. The fraction of sp³-hybridized carbons (Fsp3) is 0.250. The van der Waals surface area contributed by atoms with Crippen LogP contribution in [0.3, 0.4) is 0 Å². The van der Waals surface area contributed by atoms with E-state index in [4.69, 9.17) is 0 Å². The van der Waals surface area contributed by atoms with Crippen molar-refractivity contribution >= 4 is 5.91 Å². The third-order valence-corrected chi connectivity index (χ3v) is 3.77. The number of benzene rings is 1. The van der Waals surface area contributed by atoms with E-state index in [9.17, 15) is 22.8 Å². The highest BCUT2D eigenvalue weighted by Gasteiger charge is 2.46. The minimum absolute atomic E-state index is 0.267. The van der Waals surface area contributed by atoms with Gasteiger partial charge in [-0.2, -0.15) is 0 Å². The number of rotatable bonds is 4.